The Bertz CT molecular complexity index is 608. The minimum absolute atomic E-state index is 0.0115. The Morgan fingerprint density at radius 3 is 2.62 bits per heavy atom. The van der Waals surface area contributed by atoms with E-state index in [0.29, 0.717) is 18.0 Å². The van der Waals surface area contributed by atoms with Gasteiger partial charge in [-0.2, -0.15) is 0 Å². The topological polar surface area (TPSA) is 46.6 Å². The van der Waals surface area contributed by atoms with Crippen LogP contribution < -0.4 is 0 Å². The standard InChI is InChI=1S/C20H29ClN2O2S/c1-5-7-16-10-13-19(15-8-11-17(21)12-9-15)23(20(16)24)18(6-2)14-22(3)26(4)25/h5,8-9,11-12,16,18-19H,1,6-7,10,13-14H2,2-4H3/t16-,18-,19?,26?/m0/s1. The second-order valence-corrected chi connectivity index (χ2v) is 8.82. The molecule has 4 nitrogen and oxygen atoms in total. The highest BCUT2D eigenvalue weighted by Gasteiger charge is 2.39. The Labute approximate surface area is 165 Å². The maximum absolute atomic E-state index is 13.3. The zero-order valence-corrected chi connectivity index (χ0v) is 17.4. The summed E-state index contributed by atoms with van der Waals surface area (Å²) < 4.78 is 13.6. The lowest BCUT2D eigenvalue weighted by Gasteiger charge is -2.44. The Morgan fingerprint density at radius 1 is 1.42 bits per heavy atom. The molecule has 0 spiro atoms. The van der Waals surface area contributed by atoms with E-state index in [2.05, 4.69) is 13.5 Å². The summed E-state index contributed by atoms with van der Waals surface area (Å²) in [4.78, 5) is 15.3. The summed E-state index contributed by atoms with van der Waals surface area (Å²) >= 11 is 4.98. The lowest BCUT2D eigenvalue weighted by molar-refractivity contribution is -0.145. The van der Waals surface area contributed by atoms with Crippen molar-refractivity contribution in [3.63, 3.8) is 0 Å². The highest BCUT2D eigenvalue weighted by Crippen LogP contribution is 2.38. The van der Waals surface area contributed by atoms with Crippen molar-refractivity contribution in [1.29, 1.82) is 0 Å². The molecule has 6 heteroatoms. The predicted molar refractivity (Wildman–Crippen MR) is 109 cm³/mol. The van der Waals surface area contributed by atoms with Crippen molar-refractivity contribution < 1.29 is 9.35 Å². The molecule has 0 aliphatic carbocycles. The predicted octanol–water partition coefficient (Wildman–Crippen LogP) is 4.20. The van der Waals surface area contributed by atoms with Crippen molar-refractivity contribution in [2.75, 3.05) is 19.8 Å². The largest absolute Gasteiger partial charge is 0.598 e. The number of halogens is 1. The Morgan fingerprint density at radius 2 is 2.08 bits per heavy atom. The highest BCUT2D eigenvalue weighted by atomic mass is 35.5. The third-order valence-corrected chi connectivity index (χ3v) is 6.48. The van der Waals surface area contributed by atoms with Crippen molar-refractivity contribution in [3.05, 3.63) is 47.5 Å². The van der Waals surface area contributed by atoms with Gasteiger partial charge in [0.15, 0.2) is 0 Å². The lowest BCUT2D eigenvalue weighted by Crippen LogP contribution is -2.52. The first-order chi connectivity index (χ1) is 12.4. The van der Waals surface area contributed by atoms with Gasteiger partial charge in [-0.1, -0.05) is 36.7 Å². The van der Waals surface area contributed by atoms with Gasteiger partial charge in [0.2, 0.25) is 5.91 Å². The van der Waals surface area contributed by atoms with E-state index in [1.807, 2.05) is 42.3 Å². The Hall–Kier alpha value is -1.01. The van der Waals surface area contributed by atoms with Crippen molar-refractivity contribution in [1.82, 2.24) is 9.21 Å². The number of amides is 1. The number of allylic oxidation sites excluding steroid dienone is 1. The zero-order valence-electron chi connectivity index (χ0n) is 15.9. The second kappa shape index (κ2) is 9.79. The number of hydrogen-bond acceptors (Lipinski definition) is 3. The molecule has 2 rings (SSSR count). The monoisotopic (exact) mass is 396 g/mol. The molecule has 1 aliphatic rings. The summed E-state index contributed by atoms with van der Waals surface area (Å²) in [6.07, 6.45) is 6.80. The molecule has 0 bridgehead atoms. The van der Waals surface area contributed by atoms with Crippen molar-refractivity contribution in [2.45, 2.75) is 44.7 Å². The van der Waals surface area contributed by atoms with Crippen LogP contribution in [-0.2, 0) is 16.2 Å². The molecular weight excluding hydrogens is 368 g/mol. The minimum Gasteiger partial charge on any atom is -0.598 e. The summed E-state index contributed by atoms with van der Waals surface area (Å²) in [6.45, 7) is 6.48. The van der Waals surface area contributed by atoms with Gasteiger partial charge in [-0.15, -0.1) is 10.9 Å². The first-order valence-corrected chi connectivity index (χ1v) is 11.0. The van der Waals surface area contributed by atoms with E-state index in [0.717, 1.165) is 24.8 Å². The fourth-order valence-electron chi connectivity index (χ4n) is 3.67. The van der Waals surface area contributed by atoms with Gasteiger partial charge in [0, 0.05) is 35.4 Å². The number of hydrogen-bond donors (Lipinski definition) is 0. The van der Waals surface area contributed by atoms with Gasteiger partial charge in [-0.05, 0) is 43.4 Å². The van der Waals surface area contributed by atoms with Gasteiger partial charge >= 0.3 is 0 Å². The van der Waals surface area contributed by atoms with Gasteiger partial charge < -0.3 is 9.45 Å². The number of likely N-dealkylation sites (N-methyl/N-ethyl adjacent to an activating group) is 1. The molecule has 0 N–H and O–H groups in total. The Kier molecular flexibility index (Phi) is 8.02. The van der Waals surface area contributed by atoms with Crippen LogP contribution in [0.2, 0.25) is 5.02 Å². The SMILES string of the molecule is C=CC[C@H]1CCC(c2ccc(Cl)cc2)N([C@@H](CC)CN(C)[S+](C)[O-])C1=O. The van der Waals surface area contributed by atoms with Crippen molar-refractivity contribution >= 4 is 28.9 Å². The molecule has 1 amide bonds. The first-order valence-electron chi connectivity index (χ1n) is 9.12. The minimum atomic E-state index is -1.06. The molecule has 0 aromatic heterocycles. The molecule has 1 aromatic rings. The number of nitrogens with zero attached hydrogens (tertiary/aromatic N) is 2. The number of likely N-dealkylation sites (tertiary alicyclic amines) is 1. The molecule has 1 aliphatic heterocycles. The van der Waals surface area contributed by atoms with Gasteiger partial charge in [-0.3, -0.25) is 4.79 Å². The van der Waals surface area contributed by atoms with Crippen LogP contribution in [-0.4, -0.2) is 45.6 Å². The summed E-state index contributed by atoms with van der Waals surface area (Å²) in [5.74, 6) is 0.167. The number of benzene rings is 1. The van der Waals surface area contributed by atoms with Crippen LogP contribution in [0.3, 0.4) is 0 Å². The maximum Gasteiger partial charge on any atom is 0.226 e. The highest BCUT2D eigenvalue weighted by molar-refractivity contribution is 7.88. The number of carbonyl (C=O) groups excluding carboxylic acids is 1. The van der Waals surface area contributed by atoms with E-state index in [4.69, 9.17) is 11.6 Å². The van der Waals surface area contributed by atoms with Crippen molar-refractivity contribution in [3.8, 4) is 0 Å². The third-order valence-electron chi connectivity index (χ3n) is 5.21. The van der Waals surface area contributed by atoms with E-state index in [9.17, 15) is 9.35 Å². The average molecular weight is 397 g/mol. The molecule has 4 atom stereocenters. The molecule has 1 aromatic carbocycles. The number of carbonyl (C=O) groups is 1. The molecule has 2 unspecified atom stereocenters. The van der Waals surface area contributed by atoms with Crippen LogP contribution in [0.15, 0.2) is 36.9 Å². The van der Waals surface area contributed by atoms with E-state index in [1.165, 1.54) is 0 Å². The van der Waals surface area contributed by atoms with Crippen LogP contribution in [0.25, 0.3) is 0 Å². The molecule has 144 valence electrons. The quantitative estimate of drug-likeness (QED) is 0.488. The van der Waals surface area contributed by atoms with E-state index in [-0.39, 0.29) is 23.9 Å². The normalized spacial score (nSPS) is 23.2. The van der Waals surface area contributed by atoms with Crippen LogP contribution in [0.1, 0.15) is 44.2 Å². The molecule has 1 saturated heterocycles. The molecule has 1 fully saturated rings. The smallest absolute Gasteiger partial charge is 0.226 e. The van der Waals surface area contributed by atoms with Crippen LogP contribution in [0.5, 0.6) is 0 Å². The molecule has 1 heterocycles. The van der Waals surface area contributed by atoms with E-state index < -0.39 is 11.4 Å². The van der Waals surface area contributed by atoms with E-state index in [1.54, 1.807) is 10.6 Å². The molecule has 26 heavy (non-hydrogen) atoms. The Balaban J connectivity index is 2.33. The van der Waals surface area contributed by atoms with Gasteiger partial charge in [0.25, 0.3) is 0 Å². The third kappa shape index (κ3) is 5.03. The second-order valence-electron chi connectivity index (χ2n) is 6.91. The fourth-order valence-corrected chi connectivity index (χ4v) is 4.18. The summed E-state index contributed by atoms with van der Waals surface area (Å²) in [5.41, 5.74) is 1.11. The van der Waals surface area contributed by atoms with Gasteiger partial charge in [0.05, 0.1) is 12.6 Å². The van der Waals surface area contributed by atoms with Crippen LogP contribution >= 0.6 is 11.6 Å². The van der Waals surface area contributed by atoms with Crippen LogP contribution in [0, 0.1) is 5.92 Å². The molecular formula is C20H29ClN2O2S. The van der Waals surface area contributed by atoms with E-state index >= 15 is 0 Å². The average Bonchev–Trinajstić information content (AvgIpc) is 2.62. The zero-order chi connectivity index (χ0) is 19.3. The van der Waals surface area contributed by atoms with Gasteiger partial charge in [-0.25, -0.2) is 0 Å². The summed E-state index contributed by atoms with van der Waals surface area (Å²) in [7, 11) is 1.84. The molecule has 0 saturated carbocycles. The maximum atomic E-state index is 13.3. The summed E-state index contributed by atoms with van der Waals surface area (Å²) in [6, 6.07) is 7.83. The first kappa shape index (κ1) is 21.3. The van der Waals surface area contributed by atoms with Gasteiger partial charge in [0.1, 0.15) is 6.26 Å². The van der Waals surface area contributed by atoms with Crippen LogP contribution in [0.4, 0.5) is 0 Å². The molecule has 0 radical (unpaired) electrons. The number of piperidine rings is 1. The van der Waals surface area contributed by atoms with Crippen molar-refractivity contribution in [2.24, 2.45) is 5.92 Å². The lowest BCUT2D eigenvalue weighted by atomic mass is 9.85. The summed E-state index contributed by atoms with van der Waals surface area (Å²) in [5, 5.41) is 0.695. The fraction of sp³-hybridized carbons (Fsp3) is 0.550. The number of rotatable bonds is 8.